The van der Waals surface area contributed by atoms with Gasteiger partial charge in [-0.1, -0.05) is 18.2 Å². The van der Waals surface area contributed by atoms with E-state index in [0.717, 1.165) is 5.56 Å². The smallest absolute Gasteiger partial charge is 0.200 e. The van der Waals surface area contributed by atoms with Crippen LogP contribution in [0.25, 0.3) is 10.9 Å². The van der Waals surface area contributed by atoms with Crippen LogP contribution in [0.1, 0.15) is 21.5 Å². The van der Waals surface area contributed by atoms with Crippen LogP contribution in [0.2, 0.25) is 0 Å². The van der Waals surface area contributed by atoms with Gasteiger partial charge in [0.05, 0.1) is 30.1 Å². The molecule has 6 nitrogen and oxygen atoms in total. The first-order chi connectivity index (χ1) is 16.0. The summed E-state index contributed by atoms with van der Waals surface area (Å²) in [7, 11) is 1.59. The average Bonchev–Trinajstić information content (AvgIpc) is 2.85. The molecule has 33 heavy (non-hydrogen) atoms. The maximum absolute atomic E-state index is 13.4. The lowest BCUT2D eigenvalue weighted by molar-refractivity contribution is 0.103. The van der Waals surface area contributed by atoms with Crippen molar-refractivity contribution in [2.24, 2.45) is 0 Å². The van der Waals surface area contributed by atoms with Crippen LogP contribution in [0.4, 0.5) is 4.39 Å². The zero-order valence-corrected chi connectivity index (χ0v) is 17.8. The maximum atomic E-state index is 13.4. The van der Waals surface area contributed by atoms with Crippen LogP contribution >= 0.6 is 0 Å². The third kappa shape index (κ3) is 3.82. The van der Waals surface area contributed by atoms with Crippen molar-refractivity contribution in [3.8, 4) is 17.2 Å². The van der Waals surface area contributed by atoms with Gasteiger partial charge in [0, 0.05) is 23.4 Å². The van der Waals surface area contributed by atoms with Gasteiger partial charge in [0.25, 0.3) is 0 Å². The number of carbonyl (C=O) groups excluding carboxylic acids is 1. The summed E-state index contributed by atoms with van der Waals surface area (Å²) in [6.45, 7) is 1.14. The van der Waals surface area contributed by atoms with Crippen molar-refractivity contribution in [1.82, 2.24) is 4.57 Å². The van der Waals surface area contributed by atoms with Crippen LogP contribution in [-0.4, -0.2) is 30.7 Å². The van der Waals surface area contributed by atoms with Crippen molar-refractivity contribution in [3.63, 3.8) is 0 Å². The zero-order chi connectivity index (χ0) is 22.9. The Kier molecular flexibility index (Phi) is 5.30. The number of aromatic nitrogens is 1. The Morgan fingerprint density at radius 2 is 1.73 bits per heavy atom. The van der Waals surface area contributed by atoms with Gasteiger partial charge < -0.3 is 18.8 Å². The van der Waals surface area contributed by atoms with E-state index in [2.05, 4.69) is 0 Å². The Bertz CT molecular complexity index is 1430. The second-order valence-corrected chi connectivity index (χ2v) is 7.66. The number of rotatable bonds is 5. The number of halogens is 1. The van der Waals surface area contributed by atoms with E-state index < -0.39 is 17.0 Å². The molecule has 0 saturated carbocycles. The minimum absolute atomic E-state index is 0.0133. The number of benzene rings is 3. The van der Waals surface area contributed by atoms with Crippen LogP contribution in [0.3, 0.4) is 0 Å². The van der Waals surface area contributed by atoms with E-state index in [1.807, 2.05) is 28.8 Å². The average molecular weight is 445 g/mol. The number of para-hydroxylation sites is 1. The molecule has 7 heteroatoms. The van der Waals surface area contributed by atoms with Gasteiger partial charge in [0.1, 0.15) is 24.8 Å². The number of methoxy groups -OCH3 is 1. The highest BCUT2D eigenvalue weighted by molar-refractivity contribution is 6.10. The quantitative estimate of drug-likeness (QED) is 0.431. The van der Waals surface area contributed by atoms with Crippen molar-refractivity contribution in [2.45, 2.75) is 6.54 Å². The van der Waals surface area contributed by atoms with Crippen molar-refractivity contribution in [1.29, 1.82) is 0 Å². The van der Waals surface area contributed by atoms with E-state index in [1.54, 1.807) is 25.4 Å². The lowest BCUT2D eigenvalue weighted by Crippen LogP contribution is -2.21. The molecule has 0 spiro atoms. The summed E-state index contributed by atoms with van der Waals surface area (Å²) in [6, 6.07) is 16.0. The lowest BCUT2D eigenvalue weighted by Gasteiger charge is -2.21. The molecule has 1 aromatic heterocycles. The van der Waals surface area contributed by atoms with Crippen LogP contribution in [-0.2, 0) is 6.54 Å². The van der Waals surface area contributed by atoms with Crippen LogP contribution < -0.4 is 19.6 Å². The minimum atomic E-state index is -0.481. The number of hydrogen-bond donors (Lipinski definition) is 0. The molecule has 0 aliphatic carbocycles. The molecule has 5 rings (SSSR count). The van der Waals surface area contributed by atoms with Gasteiger partial charge in [-0.2, -0.15) is 0 Å². The van der Waals surface area contributed by atoms with Gasteiger partial charge in [-0.3, -0.25) is 9.59 Å². The topological polar surface area (TPSA) is 66.8 Å². The van der Waals surface area contributed by atoms with E-state index in [0.29, 0.717) is 47.9 Å². The van der Waals surface area contributed by atoms with E-state index in [-0.39, 0.29) is 11.1 Å². The fraction of sp³-hybridized carbons (Fsp3) is 0.154. The van der Waals surface area contributed by atoms with Crippen LogP contribution in [0, 0.1) is 5.82 Å². The van der Waals surface area contributed by atoms with Gasteiger partial charge in [0.15, 0.2) is 17.3 Å². The van der Waals surface area contributed by atoms with E-state index >= 15 is 0 Å². The standard InChI is InChI=1S/C26H20FNO5/c1-31-22-5-3-2-4-17(22)14-28-15-20(25(29)16-6-8-18(27)9-7-16)26(30)19-12-23-24(13-21(19)28)33-11-10-32-23/h2-9,12-13,15H,10-11,14H2,1H3. The Hall–Kier alpha value is -4.13. The van der Waals surface area contributed by atoms with Crippen LogP contribution in [0.15, 0.2) is 71.7 Å². The molecule has 1 aliphatic rings. The number of nitrogens with zero attached hydrogens (tertiary/aromatic N) is 1. The first kappa shape index (κ1) is 20.8. The molecule has 0 amide bonds. The molecule has 1 aliphatic heterocycles. The van der Waals surface area contributed by atoms with Gasteiger partial charge in [-0.15, -0.1) is 0 Å². The molecule has 3 aromatic carbocycles. The van der Waals surface area contributed by atoms with E-state index in [9.17, 15) is 14.0 Å². The Morgan fingerprint density at radius 1 is 1.03 bits per heavy atom. The number of fused-ring (bicyclic) bond motifs is 2. The molecule has 0 bridgehead atoms. The number of ether oxygens (including phenoxy) is 3. The molecular weight excluding hydrogens is 425 g/mol. The summed E-state index contributed by atoms with van der Waals surface area (Å²) in [4.78, 5) is 26.6. The minimum Gasteiger partial charge on any atom is -0.496 e. The summed E-state index contributed by atoms with van der Waals surface area (Å²) in [5, 5.41) is 0.335. The number of hydrogen-bond acceptors (Lipinski definition) is 5. The zero-order valence-electron chi connectivity index (χ0n) is 17.8. The number of carbonyl (C=O) groups is 1. The molecule has 2 heterocycles. The van der Waals surface area contributed by atoms with Gasteiger partial charge in [0.2, 0.25) is 5.43 Å². The molecule has 0 N–H and O–H groups in total. The van der Waals surface area contributed by atoms with E-state index in [1.165, 1.54) is 24.3 Å². The van der Waals surface area contributed by atoms with Gasteiger partial charge in [-0.25, -0.2) is 4.39 Å². The Morgan fingerprint density at radius 3 is 2.45 bits per heavy atom. The highest BCUT2D eigenvalue weighted by atomic mass is 19.1. The van der Waals surface area contributed by atoms with Crippen molar-refractivity contribution in [3.05, 3.63) is 99.6 Å². The molecule has 0 unspecified atom stereocenters. The molecule has 0 fully saturated rings. The van der Waals surface area contributed by atoms with Crippen molar-refractivity contribution < 1.29 is 23.4 Å². The monoisotopic (exact) mass is 445 g/mol. The number of pyridine rings is 1. The predicted molar refractivity (Wildman–Crippen MR) is 121 cm³/mol. The first-order valence-electron chi connectivity index (χ1n) is 10.4. The first-order valence-corrected chi connectivity index (χ1v) is 10.4. The Balaban J connectivity index is 1.72. The normalized spacial score (nSPS) is 12.5. The molecule has 0 radical (unpaired) electrons. The summed E-state index contributed by atoms with van der Waals surface area (Å²) in [5.74, 6) is 0.752. The predicted octanol–water partition coefficient (Wildman–Crippen LogP) is 4.20. The van der Waals surface area contributed by atoms with Gasteiger partial charge >= 0.3 is 0 Å². The second kappa shape index (κ2) is 8.43. The molecule has 0 atom stereocenters. The highest BCUT2D eigenvalue weighted by Gasteiger charge is 2.21. The van der Waals surface area contributed by atoms with E-state index in [4.69, 9.17) is 14.2 Å². The summed E-state index contributed by atoms with van der Waals surface area (Å²) < 4.78 is 32.0. The molecule has 4 aromatic rings. The summed E-state index contributed by atoms with van der Waals surface area (Å²) in [5.41, 5.74) is 1.27. The van der Waals surface area contributed by atoms with Gasteiger partial charge in [-0.05, 0) is 36.4 Å². The third-order valence-corrected chi connectivity index (χ3v) is 5.63. The van der Waals surface area contributed by atoms with Crippen molar-refractivity contribution in [2.75, 3.05) is 20.3 Å². The third-order valence-electron chi connectivity index (χ3n) is 5.63. The molecule has 166 valence electrons. The van der Waals surface area contributed by atoms with Crippen LogP contribution in [0.5, 0.6) is 17.2 Å². The van der Waals surface area contributed by atoms with Crippen molar-refractivity contribution >= 4 is 16.7 Å². The Labute approximate surface area is 188 Å². The SMILES string of the molecule is COc1ccccc1Cn1cc(C(=O)c2ccc(F)cc2)c(=O)c2cc3c(cc21)OCCO3. The highest BCUT2D eigenvalue weighted by Crippen LogP contribution is 2.34. The lowest BCUT2D eigenvalue weighted by atomic mass is 10.0. The number of ketones is 1. The maximum Gasteiger partial charge on any atom is 0.200 e. The fourth-order valence-corrected chi connectivity index (χ4v) is 3.99. The molecular formula is C26H20FNO5. The fourth-order valence-electron chi connectivity index (χ4n) is 3.99. The molecule has 0 saturated heterocycles. The largest absolute Gasteiger partial charge is 0.496 e. The summed E-state index contributed by atoms with van der Waals surface area (Å²) >= 11 is 0. The summed E-state index contributed by atoms with van der Waals surface area (Å²) in [6.07, 6.45) is 1.54. The second-order valence-electron chi connectivity index (χ2n) is 7.66.